The molecule has 0 saturated carbocycles. The highest BCUT2D eigenvalue weighted by atomic mass is 35.5. The first-order chi connectivity index (χ1) is 12.9. The predicted molar refractivity (Wildman–Crippen MR) is 109 cm³/mol. The Morgan fingerprint density at radius 2 is 1.52 bits per heavy atom. The topological polar surface area (TPSA) is 62.2 Å². The van der Waals surface area contributed by atoms with Crippen LogP contribution in [0, 0.1) is 0 Å². The molecule has 0 bridgehead atoms. The summed E-state index contributed by atoms with van der Waals surface area (Å²) in [4.78, 5) is 29.9. The van der Waals surface area contributed by atoms with Crippen molar-refractivity contribution in [3.05, 3.63) is 50.2 Å². The number of nitrogens with zero attached hydrogens (tertiary/aromatic N) is 5. The van der Waals surface area contributed by atoms with Crippen LogP contribution in [0.3, 0.4) is 0 Å². The minimum Gasteiger partial charge on any atom is -0.355 e. The predicted octanol–water partition coefficient (Wildman–Crippen LogP) is 4.74. The second-order valence-electron chi connectivity index (χ2n) is 5.93. The fraction of sp³-hybridized carbons (Fsp3) is 0.176. The van der Waals surface area contributed by atoms with E-state index in [2.05, 4.69) is 15.0 Å². The van der Waals surface area contributed by atoms with Gasteiger partial charge in [-0.25, -0.2) is 15.0 Å². The number of carbonyl (C=O) groups excluding carboxylic acids is 1. The molecule has 6 nitrogen and oxygen atoms in total. The molecule has 4 rings (SSSR count). The molecule has 0 N–H and O–H groups in total. The summed E-state index contributed by atoms with van der Waals surface area (Å²) >= 11 is 24.2. The lowest BCUT2D eigenvalue weighted by atomic mass is 10.2. The molecule has 0 atom stereocenters. The van der Waals surface area contributed by atoms with Gasteiger partial charge < -0.3 is 4.90 Å². The van der Waals surface area contributed by atoms with Crippen LogP contribution in [-0.2, 0) is 0 Å². The number of anilines is 2. The SMILES string of the molecule is CN1CCN(C(=O)c2nc(Cl)c(Cl)c(Cl)c2Cl)c2nc3ccccc3nc21. The lowest BCUT2D eigenvalue weighted by Gasteiger charge is -2.33. The lowest BCUT2D eigenvalue weighted by molar-refractivity contribution is 0.0981. The van der Waals surface area contributed by atoms with Crippen molar-refractivity contribution < 1.29 is 4.79 Å². The average molecular weight is 443 g/mol. The van der Waals surface area contributed by atoms with E-state index < -0.39 is 5.91 Å². The van der Waals surface area contributed by atoms with E-state index in [0.29, 0.717) is 30.2 Å². The maximum Gasteiger partial charge on any atom is 0.279 e. The summed E-state index contributed by atoms with van der Waals surface area (Å²) in [5.41, 5.74) is 1.34. The van der Waals surface area contributed by atoms with Crippen molar-refractivity contribution in [2.24, 2.45) is 0 Å². The number of aromatic nitrogens is 3. The number of amides is 1. The highest BCUT2D eigenvalue weighted by Crippen LogP contribution is 2.38. The van der Waals surface area contributed by atoms with Crippen LogP contribution in [0.25, 0.3) is 11.0 Å². The van der Waals surface area contributed by atoms with Gasteiger partial charge >= 0.3 is 0 Å². The van der Waals surface area contributed by atoms with E-state index >= 15 is 0 Å². The quantitative estimate of drug-likeness (QED) is 0.509. The van der Waals surface area contributed by atoms with Gasteiger partial charge in [-0.3, -0.25) is 9.69 Å². The molecule has 0 radical (unpaired) electrons. The van der Waals surface area contributed by atoms with E-state index in [1.54, 1.807) is 0 Å². The third kappa shape index (κ3) is 3.06. The third-order valence-corrected chi connectivity index (χ3v) is 5.92. The van der Waals surface area contributed by atoms with Gasteiger partial charge in [0.25, 0.3) is 5.91 Å². The number of rotatable bonds is 1. The minimum absolute atomic E-state index is 0.00412. The van der Waals surface area contributed by atoms with Crippen LogP contribution in [0.1, 0.15) is 10.5 Å². The Hall–Kier alpha value is -1.86. The molecule has 3 heterocycles. The van der Waals surface area contributed by atoms with E-state index in [1.165, 1.54) is 4.90 Å². The molecular weight excluding hydrogens is 432 g/mol. The van der Waals surface area contributed by atoms with Gasteiger partial charge in [-0.1, -0.05) is 58.5 Å². The molecule has 10 heteroatoms. The molecule has 138 valence electrons. The molecule has 1 aromatic carbocycles. The maximum absolute atomic E-state index is 13.2. The number of halogens is 4. The molecule has 0 unspecified atom stereocenters. The number of hydrogen-bond acceptors (Lipinski definition) is 5. The van der Waals surface area contributed by atoms with Crippen molar-refractivity contribution in [3.63, 3.8) is 0 Å². The molecular formula is C17H11Cl4N5O. The summed E-state index contributed by atoms with van der Waals surface area (Å²) in [6, 6.07) is 7.45. The van der Waals surface area contributed by atoms with Crippen molar-refractivity contribution in [3.8, 4) is 0 Å². The van der Waals surface area contributed by atoms with Gasteiger partial charge in [-0.2, -0.15) is 0 Å². The van der Waals surface area contributed by atoms with Crippen molar-refractivity contribution in [1.29, 1.82) is 0 Å². The van der Waals surface area contributed by atoms with Gasteiger partial charge in [0.1, 0.15) is 5.15 Å². The van der Waals surface area contributed by atoms with Crippen LogP contribution in [0.5, 0.6) is 0 Å². The smallest absolute Gasteiger partial charge is 0.279 e. The highest BCUT2D eigenvalue weighted by molar-refractivity contribution is 6.52. The standard InChI is InChI=1S/C17H11Cl4N5O/c1-25-6-7-26(16-15(25)22-8-4-2-3-5-9(8)23-16)17(27)13-11(19)10(18)12(20)14(21)24-13/h2-5H,6-7H2,1H3. The van der Waals surface area contributed by atoms with Crippen molar-refractivity contribution in [1.82, 2.24) is 15.0 Å². The third-order valence-electron chi connectivity index (χ3n) is 4.24. The number of para-hydroxylation sites is 2. The number of carbonyl (C=O) groups is 1. The first kappa shape index (κ1) is 18.5. The van der Waals surface area contributed by atoms with E-state index in [4.69, 9.17) is 46.4 Å². The van der Waals surface area contributed by atoms with Crippen LogP contribution in [0.2, 0.25) is 20.2 Å². The zero-order chi connectivity index (χ0) is 19.3. The van der Waals surface area contributed by atoms with Crippen molar-refractivity contribution in [2.45, 2.75) is 0 Å². The monoisotopic (exact) mass is 441 g/mol. The van der Waals surface area contributed by atoms with E-state index in [1.807, 2.05) is 36.2 Å². The second-order valence-corrected chi connectivity index (χ2v) is 7.42. The van der Waals surface area contributed by atoms with Gasteiger partial charge in [0.05, 0.1) is 26.1 Å². The molecule has 0 aliphatic carbocycles. The molecule has 0 saturated heterocycles. The second kappa shape index (κ2) is 6.95. The summed E-state index contributed by atoms with van der Waals surface area (Å²) in [6.45, 7) is 0.948. The van der Waals surface area contributed by atoms with Crippen molar-refractivity contribution in [2.75, 3.05) is 29.9 Å². The van der Waals surface area contributed by atoms with Gasteiger partial charge in [0.15, 0.2) is 17.3 Å². The minimum atomic E-state index is -0.473. The van der Waals surface area contributed by atoms with Gasteiger partial charge in [0.2, 0.25) is 0 Å². The summed E-state index contributed by atoms with van der Waals surface area (Å²) < 4.78 is 0. The fourth-order valence-electron chi connectivity index (χ4n) is 2.83. The van der Waals surface area contributed by atoms with Gasteiger partial charge in [0, 0.05) is 20.1 Å². The summed E-state index contributed by atoms with van der Waals surface area (Å²) in [6.07, 6.45) is 0. The van der Waals surface area contributed by atoms with Gasteiger partial charge in [-0.05, 0) is 12.1 Å². The highest BCUT2D eigenvalue weighted by Gasteiger charge is 2.32. The molecule has 27 heavy (non-hydrogen) atoms. The van der Waals surface area contributed by atoms with Crippen LogP contribution in [0.15, 0.2) is 24.3 Å². The van der Waals surface area contributed by atoms with Crippen LogP contribution in [0.4, 0.5) is 11.6 Å². The van der Waals surface area contributed by atoms with E-state index in [0.717, 1.165) is 5.52 Å². The summed E-state index contributed by atoms with van der Waals surface area (Å²) in [7, 11) is 1.89. The van der Waals surface area contributed by atoms with Gasteiger partial charge in [-0.15, -0.1) is 0 Å². The molecule has 1 aliphatic rings. The normalized spacial score (nSPS) is 13.8. The average Bonchev–Trinajstić information content (AvgIpc) is 2.68. The molecule has 1 aliphatic heterocycles. The Morgan fingerprint density at radius 1 is 0.889 bits per heavy atom. The Bertz CT molecular complexity index is 1090. The number of pyridine rings is 1. The molecule has 2 aromatic heterocycles. The number of likely N-dealkylation sites (N-methyl/N-ethyl adjacent to an activating group) is 1. The molecule has 3 aromatic rings. The molecule has 0 fully saturated rings. The Morgan fingerprint density at radius 3 is 2.19 bits per heavy atom. The van der Waals surface area contributed by atoms with Crippen LogP contribution < -0.4 is 9.80 Å². The zero-order valence-corrected chi connectivity index (χ0v) is 16.9. The number of benzene rings is 1. The van der Waals surface area contributed by atoms with Crippen LogP contribution >= 0.6 is 46.4 Å². The first-order valence-electron chi connectivity index (χ1n) is 7.88. The molecule has 1 amide bonds. The van der Waals surface area contributed by atoms with E-state index in [9.17, 15) is 4.79 Å². The Kier molecular flexibility index (Phi) is 4.76. The van der Waals surface area contributed by atoms with E-state index in [-0.39, 0.29) is 25.9 Å². The number of hydrogen-bond donors (Lipinski definition) is 0. The Labute approximate surface area is 174 Å². The Balaban J connectivity index is 1.86. The van der Waals surface area contributed by atoms with Crippen molar-refractivity contribution >= 4 is 75.0 Å². The zero-order valence-electron chi connectivity index (χ0n) is 13.9. The lowest BCUT2D eigenvalue weighted by Crippen LogP contribution is -2.44. The summed E-state index contributed by atoms with van der Waals surface area (Å²) in [5, 5.41) is -0.149. The molecule has 0 spiro atoms. The maximum atomic E-state index is 13.2. The number of fused-ring (bicyclic) bond motifs is 2. The fourth-order valence-corrected chi connectivity index (χ4v) is 3.64. The van der Waals surface area contributed by atoms with Crippen LogP contribution in [-0.4, -0.2) is 41.0 Å². The first-order valence-corrected chi connectivity index (χ1v) is 9.39. The summed E-state index contributed by atoms with van der Waals surface area (Å²) in [5.74, 6) is 0.544. The largest absolute Gasteiger partial charge is 0.355 e.